The van der Waals surface area contributed by atoms with Crippen LogP contribution in [0.15, 0.2) is 21.9 Å². The molecule has 3 N–H and O–H groups in total. The van der Waals surface area contributed by atoms with E-state index in [1.54, 1.807) is 0 Å². The smallest absolute Gasteiger partial charge is 0.330 e. The Balaban J connectivity index is 2.27. The summed E-state index contributed by atoms with van der Waals surface area (Å²) in [7, 11) is 0. The van der Waals surface area contributed by atoms with E-state index in [0.717, 1.165) is 55.9 Å². The topological polar surface area (TPSA) is 123 Å². The number of aromatic amines is 1. The van der Waals surface area contributed by atoms with Crippen molar-refractivity contribution in [1.82, 2.24) is 9.55 Å². The van der Waals surface area contributed by atoms with Crippen molar-refractivity contribution in [3.8, 4) is 0 Å². The summed E-state index contributed by atoms with van der Waals surface area (Å²) in [5, 5.41) is 11.2. The van der Waals surface area contributed by atoms with Crippen molar-refractivity contribution in [2.75, 3.05) is 0 Å². The van der Waals surface area contributed by atoms with Gasteiger partial charge in [-0.15, -0.1) is 0 Å². The van der Waals surface area contributed by atoms with E-state index in [-0.39, 0.29) is 5.41 Å². The first kappa shape index (κ1) is 31.3. The third-order valence-electron chi connectivity index (χ3n) is 6.46. The first-order valence-corrected chi connectivity index (χ1v) is 15.7. The van der Waals surface area contributed by atoms with E-state index in [1.165, 1.54) is 12.3 Å². The monoisotopic (exact) mass is 548 g/mol. The maximum Gasteiger partial charge on any atom is 0.330 e. The number of aliphatic hydroxyl groups is 1. The summed E-state index contributed by atoms with van der Waals surface area (Å²) < 4.78 is 19.3. The van der Waals surface area contributed by atoms with Gasteiger partial charge >= 0.3 is 12.4 Å². The van der Waals surface area contributed by atoms with Gasteiger partial charge in [0.05, 0.1) is 11.7 Å². The Bertz CT molecular complexity index is 992. The fraction of sp³-hybridized carbons (Fsp3) is 0.840. The van der Waals surface area contributed by atoms with Crippen molar-refractivity contribution < 1.29 is 23.8 Å². The second kappa shape index (κ2) is 13.3. The van der Waals surface area contributed by atoms with Gasteiger partial charge in [0.2, 0.25) is 0 Å². The Morgan fingerprint density at radius 2 is 1.75 bits per heavy atom. The number of unbranched alkanes of at least 4 members (excludes halogenated alkanes) is 4. The molecule has 9 nitrogen and oxygen atoms in total. The lowest BCUT2D eigenvalue weighted by Crippen LogP contribution is -2.39. The molecule has 1 aliphatic heterocycles. The second-order valence-electron chi connectivity index (χ2n) is 11.3. The molecule has 0 aliphatic carbocycles. The van der Waals surface area contributed by atoms with E-state index in [1.807, 2.05) is 27.7 Å². The van der Waals surface area contributed by atoms with Crippen molar-refractivity contribution in [2.45, 2.75) is 129 Å². The number of ether oxygens (including phenoxy) is 1. The molecule has 6 unspecified atom stereocenters. The van der Waals surface area contributed by atoms with Crippen LogP contribution in [0.1, 0.15) is 106 Å². The van der Waals surface area contributed by atoms with E-state index in [2.05, 4.69) is 18.8 Å². The Kier molecular flexibility index (Phi) is 11.6. The SMILES string of the molecule is CCCCCCC(C)(CCCC)OP(O)(=S)OC1C(CC(C)(C)C)OC(n2ccc(=O)[nH]c2=O)C1O. The predicted octanol–water partition coefficient (Wildman–Crippen LogP) is 4.77. The maximum absolute atomic E-state index is 12.4. The average Bonchev–Trinajstić information content (AvgIpc) is 3.02. The number of nitrogens with zero attached hydrogens (tertiary/aromatic N) is 1. The molecule has 0 radical (unpaired) electrons. The van der Waals surface area contributed by atoms with Crippen molar-refractivity contribution >= 4 is 18.5 Å². The number of aromatic nitrogens is 2. The lowest BCUT2D eigenvalue weighted by Gasteiger charge is -2.35. The van der Waals surface area contributed by atoms with Gasteiger partial charge in [-0.2, -0.15) is 0 Å². The van der Waals surface area contributed by atoms with E-state index in [9.17, 15) is 19.6 Å². The van der Waals surface area contributed by atoms with E-state index in [0.29, 0.717) is 6.42 Å². The molecular weight excluding hydrogens is 503 g/mol. The van der Waals surface area contributed by atoms with Gasteiger partial charge in [-0.05, 0) is 43.4 Å². The van der Waals surface area contributed by atoms with Crippen LogP contribution in [0.25, 0.3) is 0 Å². The maximum atomic E-state index is 12.4. The van der Waals surface area contributed by atoms with Crippen LogP contribution in [0.3, 0.4) is 0 Å². The van der Waals surface area contributed by atoms with Crippen LogP contribution in [0.2, 0.25) is 0 Å². The van der Waals surface area contributed by atoms with Gasteiger partial charge in [-0.1, -0.05) is 73.1 Å². The predicted molar refractivity (Wildman–Crippen MR) is 144 cm³/mol. The highest BCUT2D eigenvalue weighted by Gasteiger charge is 2.49. The number of hydrogen-bond donors (Lipinski definition) is 3. The zero-order valence-corrected chi connectivity index (χ0v) is 24.3. The van der Waals surface area contributed by atoms with E-state index >= 15 is 0 Å². The zero-order chi connectivity index (χ0) is 27.1. The third-order valence-corrected chi connectivity index (χ3v) is 8.12. The molecule has 2 rings (SSSR count). The van der Waals surface area contributed by atoms with Crippen molar-refractivity contribution in [3.63, 3.8) is 0 Å². The molecule has 1 aromatic rings. The van der Waals surface area contributed by atoms with E-state index < -0.39 is 48.1 Å². The molecule has 0 spiro atoms. The molecule has 36 heavy (non-hydrogen) atoms. The van der Waals surface area contributed by atoms with Crippen LogP contribution in [-0.2, 0) is 25.6 Å². The first-order valence-electron chi connectivity index (χ1n) is 13.1. The van der Waals surface area contributed by atoms with Gasteiger partial charge in [-0.3, -0.25) is 18.9 Å². The van der Waals surface area contributed by atoms with Crippen LogP contribution < -0.4 is 11.2 Å². The Morgan fingerprint density at radius 3 is 2.33 bits per heavy atom. The van der Waals surface area contributed by atoms with Gasteiger partial charge < -0.3 is 19.3 Å². The Labute approximate surface area is 219 Å². The summed E-state index contributed by atoms with van der Waals surface area (Å²) >= 11 is 5.47. The minimum atomic E-state index is -3.79. The van der Waals surface area contributed by atoms with Crippen LogP contribution in [-0.4, -0.2) is 43.5 Å². The second-order valence-corrected chi connectivity index (χ2v) is 14.0. The normalized spacial score (nSPS) is 26.0. The number of hydrogen-bond acceptors (Lipinski definition) is 7. The van der Waals surface area contributed by atoms with Gasteiger partial charge in [0.25, 0.3) is 5.56 Å². The van der Waals surface area contributed by atoms with Crippen LogP contribution in [0.4, 0.5) is 0 Å². The quantitative estimate of drug-likeness (QED) is 0.224. The number of nitrogens with one attached hydrogen (secondary N) is 1. The minimum absolute atomic E-state index is 0.204. The molecule has 0 amide bonds. The molecular formula is C25H45N2O7PS. The Hall–Kier alpha value is -0.870. The molecule has 1 fully saturated rings. The van der Waals surface area contributed by atoms with Gasteiger partial charge in [0, 0.05) is 12.3 Å². The summed E-state index contributed by atoms with van der Waals surface area (Å²) in [5.41, 5.74) is -2.11. The van der Waals surface area contributed by atoms with Gasteiger partial charge in [-0.25, -0.2) is 4.79 Å². The minimum Gasteiger partial charge on any atom is -0.386 e. The summed E-state index contributed by atoms with van der Waals surface area (Å²) in [5.74, 6) is 0. The average molecular weight is 549 g/mol. The largest absolute Gasteiger partial charge is 0.386 e. The number of H-pyrrole nitrogens is 1. The Morgan fingerprint density at radius 1 is 1.11 bits per heavy atom. The highest BCUT2D eigenvalue weighted by atomic mass is 32.5. The molecule has 1 saturated heterocycles. The van der Waals surface area contributed by atoms with Gasteiger partial charge in [0.15, 0.2) is 6.23 Å². The number of rotatable bonds is 14. The van der Waals surface area contributed by atoms with E-state index in [4.69, 9.17) is 25.6 Å². The molecule has 0 bridgehead atoms. The molecule has 6 atom stereocenters. The summed E-state index contributed by atoms with van der Waals surface area (Å²) in [6, 6.07) is 1.18. The lowest BCUT2D eigenvalue weighted by atomic mass is 9.87. The number of aliphatic hydroxyl groups excluding tert-OH is 1. The molecule has 1 aliphatic rings. The van der Waals surface area contributed by atoms with Crippen molar-refractivity contribution in [3.05, 3.63) is 33.1 Å². The van der Waals surface area contributed by atoms with Crippen LogP contribution in [0.5, 0.6) is 0 Å². The molecule has 11 heteroatoms. The standard InChI is InChI=1S/C25H45N2O7PS/c1-7-9-11-12-15-25(6,14-10-8-2)34-35(31,36)33-21-18(17-24(3,4)5)32-22(20(21)29)27-16-13-19(28)26-23(27)30/h13,16,18,20-22,29H,7-12,14-15,17H2,1-6H3,(H,31,36)(H,26,28,30). The fourth-order valence-corrected chi connectivity index (χ4v) is 6.81. The molecule has 208 valence electrons. The van der Waals surface area contributed by atoms with Crippen LogP contribution in [0, 0.1) is 5.41 Å². The molecule has 0 saturated carbocycles. The summed E-state index contributed by atoms with van der Waals surface area (Å²) in [6.45, 7) is 8.49. The molecule has 2 heterocycles. The zero-order valence-electron chi connectivity index (χ0n) is 22.6. The summed E-state index contributed by atoms with van der Waals surface area (Å²) in [4.78, 5) is 37.3. The first-order chi connectivity index (χ1) is 16.7. The van der Waals surface area contributed by atoms with Crippen molar-refractivity contribution in [2.24, 2.45) is 5.41 Å². The summed E-state index contributed by atoms with van der Waals surface area (Å²) in [6.07, 6.45) is 5.36. The lowest BCUT2D eigenvalue weighted by molar-refractivity contribution is -0.0502. The van der Waals surface area contributed by atoms with Crippen LogP contribution >= 0.6 is 6.72 Å². The third kappa shape index (κ3) is 9.46. The highest BCUT2D eigenvalue weighted by molar-refractivity contribution is 8.07. The molecule has 0 aromatic carbocycles. The van der Waals surface area contributed by atoms with Crippen molar-refractivity contribution in [1.29, 1.82) is 0 Å². The highest BCUT2D eigenvalue weighted by Crippen LogP contribution is 2.54. The fourth-order valence-electron chi connectivity index (χ4n) is 4.62. The van der Waals surface area contributed by atoms with Gasteiger partial charge in [0.1, 0.15) is 12.2 Å². The molecule has 1 aromatic heterocycles.